The lowest BCUT2D eigenvalue weighted by Crippen LogP contribution is -2.11. The van der Waals surface area contributed by atoms with Crippen molar-refractivity contribution in [1.29, 1.82) is 0 Å². The summed E-state index contributed by atoms with van der Waals surface area (Å²) in [7, 11) is 0. The summed E-state index contributed by atoms with van der Waals surface area (Å²) in [6.07, 6.45) is 0. The highest BCUT2D eigenvalue weighted by Gasteiger charge is 2.19. The molecule has 4 heteroatoms. The number of fused-ring (bicyclic) bond motifs is 1. The van der Waals surface area contributed by atoms with Gasteiger partial charge in [-0.25, -0.2) is 0 Å². The SMILES string of the molecule is CC(=O)Nc1c(C(=O)c2ccccc2)[nH]c2cc(C)ccc12. The summed E-state index contributed by atoms with van der Waals surface area (Å²) in [5, 5.41) is 3.61. The van der Waals surface area contributed by atoms with Gasteiger partial charge in [0.05, 0.1) is 5.69 Å². The molecule has 0 aliphatic heterocycles. The van der Waals surface area contributed by atoms with Crippen molar-refractivity contribution in [2.45, 2.75) is 13.8 Å². The van der Waals surface area contributed by atoms with E-state index in [9.17, 15) is 9.59 Å². The van der Waals surface area contributed by atoms with Gasteiger partial charge in [0.2, 0.25) is 11.7 Å². The maximum atomic E-state index is 12.7. The number of carbonyl (C=O) groups is 2. The zero-order chi connectivity index (χ0) is 15.7. The Morgan fingerprint density at radius 3 is 2.45 bits per heavy atom. The van der Waals surface area contributed by atoms with Crippen LogP contribution in [0.2, 0.25) is 0 Å². The van der Waals surface area contributed by atoms with Crippen molar-refractivity contribution in [2.75, 3.05) is 5.32 Å². The number of rotatable bonds is 3. The van der Waals surface area contributed by atoms with E-state index in [1.807, 2.05) is 43.3 Å². The number of aromatic nitrogens is 1. The zero-order valence-electron chi connectivity index (χ0n) is 12.4. The molecule has 0 atom stereocenters. The van der Waals surface area contributed by atoms with Crippen molar-refractivity contribution < 1.29 is 9.59 Å². The molecule has 2 aromatic carbocycles. The Morgan fingerprint density at radius 1 is 1.05 bits per heavy atom. The third-order valence-corrected chi connectivity index (χ3v) is 3.52. The van der Waals surface area contributed by atoms with Gasteiger partial charge in [0.1, 0.15) is 5.69 Å². The van der Waals surface area contributed by atoms with Crippen LogP contribution in [0.25, 0.3) is 10.9 Å². The summed E-state index contributed by atoms with van der Waals surface area (Å²) in [6.45, 7) is 3.42. The first-order valence-corrected chi connectivity index (χ1v) is 7.06. The van der Waals surface area contributed by atoms with Crippen molar-refractivity contribution in [3.05, 3.63) is 65.4 Å². The van der Waals surface area contributed by atoms with Gasteiger partial charge >= 0.3 is 0 Å². The van der Waals surface area contributed by atoms with Gasteiger partial charge in [-0.3, -0.25) is 9.59 Å². The van der Waals surface area contributed by atoms with Gasteiger partial charge in [-0.2, -0.15) is 0 Å². The Balaban J connectivity index is 2.19. The van der Waals surface area contributed by atoms with Crippen LogP contribution < -0.4 is 5.32 Å². The number of anilines is 1. The zero-order valence-corrected chi connectivity index (χ0v) is 12.4. The Labute approximate surface area is 128 Å². The van der Waals surface area contributed by atoms with Crippen LogP contribution >= 0.6 is 0 Å². The standard InChI is InChI=1S/C18H16N2O2/c1-11-8-9-14-15(10-11)20-17(16(14)19-12(2)21)18(22)13-6-4-3-5-7-13/h3-10,20H,1-2H3,(H,19,21). The molecule has 3 rings (SSSR count). The molecule has 0 unspecified atom stereocenters. The molecule has 2 N–H and O–H groups in total. The van der Waals surface area contributed by atoms with Crippen LogP contribution in [-0.2, 0) is 4.79 Å². The smallest absolute Gasteiger partial charge is 0.221 e. The molecule has 1 heterocycles. The molecule has 0 bridgehead atoms. The molecular weight excluding hydrogens is 276 g/mol. The van der Waals surface area contributed by atoms with Crippen molar-refractivity contribution >= 4 is 28.3 Å². The van der Waals surface area contributed by atoms with E-state index < -0.39 is 0 Å². The summed E-state index contributed by atoms with van der Waals surface area (Å²) in [4.78, 5) is 27.4. The van der Waals surface area contributed by atoms with E-state index in [2.05, 4.69) is 10.3 Å². The van der Waals surface area contributed by atoms with E-state index in [4.69, 9.17) is 0 Å². The van der Waals surface area contributed by atoms with E-state index in [-0.39, 0.29) is 11.7 Å². The van der Waals surface area contributed by atoms with Gasteiger partial charge in [0, 0.05) is 23.4 Å². The third-order valence-electron chi connectivity index (χ3n) is 3.52. The first kappa shape index (κ1) is 14.1. The summed E-state index contributed by atoms with van der Waals surface area (Å²) >= 11 is 0. The maximum Gasteiger partial charge on any atom is 0.221 e. The van der Waals surface area contributed by atoms with Crippen LogP contribution in [0.3, 0.4) is 0 Å². The van der Waals surface area contributed by atoms with Gasteiger partial charge in [-0.1, -0.05) is 42.5 Å². The molecule has 3 aromatic rings. The molecular formula is C18H16N2O2. The number of amides is 1. The molecule has 0 fully saturated rings. The van der Waals surface area contributed by atoms with Gasteiger partial charge < -0.3 is 10.3 Å². The predicted octanol–water partition coefficient (Wildman–Crippen LogP) is 3.67. The second kappa shape index (κ2) is 5.48. The first-order chi connectivity index (χ1) is 10.6. The molecule has 0 aliphatic rings. The Morgan fingerprint density at radius 2 is 1.77 bits per heavy atom. The monoisotopic (exact) mass is 292 g/mol. The fourth-order valence-corrected chi connectivity index (χ4v) is 2.52. The maximum absolute atomic E-state index is 12.7. The van der Waals surface area contributed by atoms with Crippen LogP contribution in [-0.4, -0.2) is 16.7 Å². The van der Waals surface area contributed by atoms with E-state index in [0.29, 0.717) is 16.9 Å². The lowest BCUT2D eigenvalue weighted by atomic mass is 10.1. The van der Waals surface area contributed by atoms with Crippen LogP contribution in [0, 0.1) is 6.92 Å². The highest BCUT2D eigenvalue weighted by atomic mass is 16.1. The molecule has 110 valence electrons. The van der Waals surface area contributed by atoms with Crippen molar-refractivity contribution in [2.24, 2.45) is 0 Å². The van der Waals surface area contributed by atoms with Crippen molar-refractivity contribution in [3.63, 3.8) is 0 Å². The molecule has 22 heavy (non-hydrogen) atoms. The molecule has 0 saturated heterocycles. The fraction of sp³-hybridized carbons (Fsp3) is 0.111. The largest absolute Gasteiger partial charge is 0.350 e. The van der Waals surface area contributed by atoms with Gasteiger partial charge in [0.25, 0.3) is 0 Å². The van der Waals surface area contributed by atoms with E-state index >= 15 is 0 Å². The second-order valence-corrected chi connectivity index (χ2v) is 5.30. The van der Waals surface area contributed by atoms with Crippen LogP contribution in [0.1, 0.15) is 28.5 Å². The van der Waals surface area contributed by atoms with Crippen LogP contribution in [0.15, 0.2) is 48.5 Å². The molecule has 1 aromatic heterocycles. The molecule has 1 amide bonds. The topological polar surface area (TPSA) is 62.0 Å². The third kappa shape index (κ3) is 2.51. The highest BCUT2D eigenvalue weighted by molar-refractivity contribution is 6.18. The number of carbonyl (C=O) groups excluding carboxylic acids is 2. The van der Waals surface area contributed by atoms with Crippen LogP contribution in [0.5, 0.6) is 0 Å². The Bertz CT molecular complexity index is 863. The average Bonchev–Trinajstić information content (AvgIpc) is 2.84. The lowest BCUT2D eigenvalue weighted by molar-refractivity contribution is -0.114. The molecule has 0 radical (unpaired) electrons. The number of aryl methyl sites for hydroxylation is 1. The number of nitrogens with one attached hydrogen (secondary N) is 2. The van der Waals surface area contributed by atoms with Crippen molar-refractivity contribution in [1.82, 2.24) is 4.98 Å². The number of hydrogen-bond acceptors (Lipinski definition) is 2. The number of ketones is 1. The van der Waals surface area contributed by atoms with Gasteiger partial charge in [-0.15, -0.1) is 0 Å². The minimum Gasteiger partial charge on any atom is -0.350 e. The van der Waals surface area contributed by atoms with Gasteiger partial charge in [-0.05, 0) is 18.6 Å². The molecule has 0 saturated carbocycles. The molecule has 4 nitrogen and oxygen atoms in total. The number of hydrogen-bond donors (Lipinski definition) is 2. The predicted molar refractivity (Wildman–Crippen MR) is 87.2 cm³/mol. The molecule has 0 spiro atoms. The average molecular weight is 292 g/mol. The quantitative estimate of drug-likeness (QED) is 0.724. The molecule has 0 aliphatic carbocycles. The van der Waals surface area contributed by atoms with E-state index in [1.54, 1.807) is 12.1 Å². The summed E-state index contributed by atoms with van der Waals surface area (Å²) in [5.74, 6) is -0.346. The Kier molecular flexibility index (Phi) is 3.51. The Hall–Kier alpha value is -2.88. The van der Waals surface area contributed by atoms with E-state index in [0.717, 1.165) is 16.5 Å². The van der Waals surface area contributed by atoms with Crippen LogP contribution in [0.4, 0.5) is 5.69 Å². The summed E-state index contributed by atoms with van der Waals surface area (Å²) < 4.78 is 0. The van der Waals surface area contributed by atoms with Gasteiger partial charge in [0.15, 0.2) is 0 Å². The normalized spacial score (nSPS) is 10.6. The first-order valence-electron chi connectivity index (χ1n) is 7.06. The lowest BCUT2D eigenvalue weighted by Gasteiger charge is -2.05. The highest BCUT2D eigenvalue weighted by Crippen LogP contribution is 2.30. The fourth-order valence-electron chi connectivity index (χ4n) is 2.52. The minimum absolute atomic E-state index is 0.141. The summed E-state index contributed by atoms with van der Waals surface area (Å²) in [6, 6.07) is 14.8. The summed E-state index contributed by atoms with van der Waals surface area (Å²) in [5.41, 5.74) is 3.44. The second-order valence-electron chi connectivity index (χ2n) is 5.30. The minimum atomic E-state index is -0.205. The number of H-pyrrole nitrogens is 1. The number of benzene rings is 2. The number of aromatic amines is 1. The van der Waals surface area contributed by atoms with E-state index in [1.165, 1.54) is 6.92 Å². The van der Waals surface area contributed by atoms with Crippen molar-refractivity contribution in [3.8, 4) is 0 Å².